The van der Waals surface area contributed by atoms with Crippen LogP contribution in [0.3, 0.4) is 0 Å². The topological polar surface area (TPSA) is 93.4 Å². The number of benzene rings is 1. The van der Waals surface area contributed by atoms with Crippen LogP contribution < -0.4 is 21.1 Å². The van der Waals surface area contributed by atoms with Crippen molar-refractivity contribution in [2.45, 2.75) is 20.4 Å². The fourth-order valence-electron chi connectivity index (χ4n) is 1.56. The Balaban J connectivity index is 2.66. The Morgan fingerprint density at radius 2 is 2.11 bits per heavy atom. The largest absolute Gasteiger partial charge is 0.483 e. The van der Waals surface area contributed by atoms with Crippen LogP contribution in [0.25, 0.3) is 0 Å². The van der Waals surface area contributed by atoms with Gasteiger partial charge in [0, 0.05) is 12.1 Å². The van der Waals surface area contributed by atoms with Gasteiger partial charge in [-0.25, -0.2) is 4.79 Å². The lowest BCUT2D eigenvalue weighted by Gasteiger charge is -2.12. The van der Waals surface area contributed by atoms with E-state index in [9.17, 15) is 9.59 Å². The van der Waals surface area contributed by atoms with E-state index in [2.05, 4.69) is 5.32 Å². The highest BCUT2D eigenvalue weighted by molar-refractivity contribution is 5.94. The van der Waals surface area contributed by atoms with E-state index < -0.39 is 11.9 Å². The molecule has 1 rings (SSSR count). The molecule has 0 unspecified atom stereocenters. The number of hydrogen-bond donors (Lipinski definition) is 3. The maximum Gasteiger partial charge on any atom is 0.318 e. The van der Waals surface area contributed by atoms with Gasteiger partial charge in [0.1, 0.15) is 5.75 Å². The Hall–Kier alpha value is -2.08. The Kier molecular flexibility index (Phi) is 5.81. The summed E-state index contributed by atoms with van der Waals surface area (Å²) in [5.74, 6) is 0.0497. The van der Waals surface area contributed by atoms with Crippen LogP contribution in [0, 0.1) is 6.92 Å². The number of nitrogens with two attached hydrogens (primary N) is 1. The number of nitrogens with one attached hydrogen (secondary N) is 2. The highest BCUT2D eigenvalue weighted by Crippen LogP contribution is 2.19. The van der Waals surface area contributed by atoms with Crippen molar-refractivity contribution >= 4 is 11.9 Å². The molecule has 6 heteroatoms. The number of ether oxygens (including phenoxy) is 1. The third-order valence-electron chi connectivity index (χ3n) is 2.40. The van der Waals surface area contributed by atoms with Crippen LogP contribution in [0.1, 0.15) is 18.1 Å². The molecule has 19 heavy (non-hydrogen) atoms. The maximum atomic E-state index is 11.3. The van der Waals surface area contributed by atoms with E-state index >= 15 is 0 Å². The second kappa shape index (κ2) is 7.38. The average Bonchev–Trinajstić information content (AvgIpc) is 2.34. The molecule has 3 amide bonds. The molecule has 0 spiro atoms. The number of carbonyl (C=O) groups is 2. The summed E-state index contributed by atoms with van der Waals surface area (Å²) in [6.07, 6.45) is 0. The quantitative estimate of drug-likeness (QED) is 0.705. The number of carbonyl (C=O) groups excluding carboxylic acids is 2. The minimum absolute atomic E-state index is 0.245. The van der Waals surface area contributed by atoms with Crippen LogP contribution >= 0.6 is 0 Å². The molecule has 6 nitrogen and oxygen atoms in total. The summed E-state index contributed by atoms with van der Waals surface area (Å²) >= 11 is 0. The smallest absolute Gasteiger partial charge is 0.318 e. The van der Waals surface area contributed by atoms with Crippen molar-refractivity contribution in [3.63, 3.8) is 0 Å². The van der Waals surface area contributed by atoms with Gasteiger partial charge in [0.05, 0.1) is 0 Å². The first-order chi connectivity index (χ1) is 9.02. The lowest BCUT2D eigenvalue weighted by atomic mass is 10.1. The molecule has 0 aliphatic heterocycles. The molecule has 1 aromatic carbocycles. The molecule has 0 bridgehead atoms. The fraction of sp³-hybridized carbons (Fsp3) is 0.385. The molecule has 0 aliphatic rings. The normalized spacial score (nSPS) is 10.0. The second-order valence-electron chi connectivity index (χ2n) is 4.09. The third-order valence-corrected chi connectivity index (χ3v) is 2.40. The highest BCUT2D eigenvalue weighted by Gasteiger charge is 2.08. The fourth-order valence-corrected chi connectivity index (χ4v) is 1.56. The van der Waals surface area contributed by atoms with Crippen LogP contribution in [0.2, 0.25) is 0 Å². The van der Waals surface area contributed by atoms with Crippen molar-refractivity contribution in [1.82, 2.24) is 10.6 Å². The molecular formula is C13H19N3O3. The predicted octanol–water partition coefficient (Wildman–Crippen LogP) is 0.678. The standard InChI is InChI=1S/C13H19N3O3/c1-3-15-7-10-6-9(2)4-5-11(10)19-8-12(17)16-13(14)18/h4-6,15H,3,7-8H2,1-2H3,(H3,14,16,17,18). The van der Waals surface area contributed by atoms with E-state index in [0.717, 1.165) is 17.7 Å². The molecule has 0 saturated carbocycles. The molecule has 0 atom stereocenters. The van der Waals surface area contributed by atoms with Gasteiger partial charge in [-0.05, 0) is 19.5 Å². The molecular weight excluding hydrogens is 246 g/mol. The lowest BCUT2D eigenvalue weighted by Crippen LogP contribution is -2.38. The first-order valence-corrected chi connectivity index (χ1v) is 6.05. The minimum Gasteiger partial charge on any atom is -0.483 e. The van der Waals surface area contributed by atoms with Crippen LogP contribution in [-0.4, -0.2) is 25.1 Å². The molecule has 0 radical (unpaired) electrons. The molecule has 0 aromatic heterocycles. The Morgan fingerprint density at radius 1 is 1.37 bits per heavy atom. The van der Waals surface area contributed by atoms with Crippen molar-refractivity contribution in [1.29, 1.82) is 0 Å². The summed E-state index contributed by atoms with van der Waals surface area (Å²) in [4.78, 5) is 21.8. The number of hydrogen-bond acceptors (Lipinski definition) is 4. The lowest BCUT2D eigenvalue weighted by molar-refractivity contribution is -0.121. The maximum absolute atomic E-state index is 11.3. The van der Waals surface area contributed by atoms with E-state index in [1.807, 2.05) is 31.3 Å². The number of urea groups is 1. The average molecular weight is 265 g/mol. The first kappa shape index (κ1) is 15.0. The zero-order valence-electron chi connectivity index (χ0n) is 11.2. The summed E-state index contributed by atoms with van der Waals surface area (Å²) in [5, 5.41) is 5.14. The summed E-state index contributed by atoms with van der Waals surface area (Å²) in [5.41, 5.74) is 6.92. The highest BCUT2D eigenvalue weighted by atomic mass is 16.5. The van der Waals surface area contributed by atoms with Gasteiger partial charge in [0.2, 0.25) is 0 Å². The molecule has 4 N–H and O–H groups in total. The molecule has 0 fully saturated rings. The summed E-state index contributed by atoms with van der Waals surface area (Å²) < 4.78 is 5.39. The number of amides is 3. The van der Waals surface area contributed by atoms with Crippen molar-refractivity contribution in [2.24, 2.45) is 5.73 Å². The first-order valence-electron chi connectivity index (χ1n) is 6.05. The van der Waals surface area contributed by atoms with Gasteiger partial charge < -0.3 is 15.8 Å². The second-order valence-corrected chi connectivity index (χ2v) is 4.09. The van der Waals surface area contributed by atoms with E-state index in [1.54, 1.807) is 6.07 Å². The Morgan fingerprint density at radius 3 is 2.74 bits per heavy atom. The van der Waals surface area contributed by atoms with Crippen LogP contribution in [-0.2, 0) is 11.3 Å². The van der Waals surface area contributed by atoms with E-state index in [4.69, 9.17) is 10.5 Å². The zero-order chi connectivity index (χ0) is 14.3. The van der Waals surface area contributed by atoms with Gasteiger partial charge >= 0.3 is 6.03 Å². The van der Waals surface area contributed by atoms with Gasteiger partial charge in [0.15, 0.2) is 6.61 Å². The summed E-state index contributed by atoms with van der Waals surface area (Å²) in [6, 6.07) is 4.81. The van der Waals surface area contributed by atoms with Crippen molar-refractivity contribution < 1.29 is 14.3 Å². The minimum atomic E-state index is -0.884. The number of rotatable bonds is 6. The SMILES string of the molecule is CCNCc1cc(C)ccc1OCC(=O)NC(N)=O. The van der Waals surface area contributed by atoms with Crippen molar-refractivity contribution in [3.05, 3.63) is 29.3 Å². The summed E-state index contributed by atoms with van der Waals surface area (Å²) in [6.45, 7) is 5.25. The molecule has 0 aliphatic carbocycles. The number of primary amides is 1. The molecule has 0 heterocycles. The van der Waals surface area contributed by atoms with Crippen LogP contribution in [0.4, 0.5) is 4.79 Å². The molecule has 104 valence electrons. The van der Waals surface area contributed by atoms with Crippen LogP contribution in [0.5, 0.6) is 5.75 Å². The van der Waals surface area contributed by atoms with Crippen molar-refractivity contribution in [2.75, 3.05) is 13.2 Å². The predicted molar refractivity (Wildman–Crippen MR) is 71.8 cm³/mol. The van der Waals surface area contributed by atoms with E-state index in [0.29, 0.717) is 12.3 Å². The molecule has 0 saturated heterocycles. The van der Waals surface area contributed by atoms with E-state index in [-0.39, 0.29) is 6.61 Å². The molecule has 1 aromatic rings. The number of imide groups is 1. The van der Waals surface area contributed by atoms with Crippen LogP contribution in [0.15, 0.2) is 18.2 Å². The summed E-state index contributed by atoms with van der Waals surface area (Å²) in [7, 11) is 0. The Labute approximate surface area is 112 Å². The van der Waals surface area contributed by atoms with Gasteiger partial charge in [-0.2, -0.15) is 0 Å². The van der Waals surface area contributed by atoms with Gasteiger partial charge in [-0.1, -0.05) is 24.6 Å². The van der Waals surface area contributed by atoms with Gasteiger partial charge in [-0.15, -0.1) is 0 Å². The Bertz CT molecular complexity index is 460. The van der Waals surface area contributed by atoms with Gasteiger partial charge in [-0.3, -0.25) is 10.1 Å². The van der Waals surface area contributed by atoms with Gasteiger partial charge in [0.25, 0.3) is 5.91 Å². The monoisotopic (exact) mass is 265 g/mol. The zero-order valence-corrected chi connectivity index (χ0v) is 11.2. The van der Waals surface area contributed by atoms with E-state index in [1.165, 1.54) is 0 Å². The van der Waals surface area contributed by atoms with Crippen molar-refractivity contribution in [3.8, 4) is 5.75 Å². The number of aryl methyl sites for hydroxylation is 1. The third kappa shape index (κ3) is 5.39.